The van der Waals surface area contributed by atoms with Gasteiger partial charge in [-0.3, -0.25) is 4.79 Å². The van der Waals surface area contributed by atoms with Gasteiger partial charge in [0.15, 0.2) is 5.78 Å². The largest absolute Gasteiger partial charge is 0.377 e. The van der Waals surface area contributed by atoms with Crippen molar-refractivity contribution in [2.24, 2.45) is 0 Å². The molecule has 0 atom stereocenters. The lowest BCUT2D eigenvalue weighted by Gasteiger charge is -2.28. The highest BCUT2D eigenvalue weighted by Crippen LogP contribution is 1.93. The van der Waals surface area contributed by atoms with Crippen molar-refractivity contribution in [1.82, 2.24) is 9.80 Å². The molecular formula is C11H24N2O2. The van der Waals surface area contributed by atoms with Gasteiger partial charge in [0.25, 0.3) is 0 Å². The van der Waals surface area contributed by atoms with E-state index in [-0.39, 0.29) is 12.4 Å². The molecule has 0 unspecified atom stereocenters. The fraction of sp³-hybridized carbons (Fsp3) is 0.909. The Morgan fingerprint density at radius 1 is 1.13 bits per heavy atom. The topological polar surface area (TPSA) is 32.8 Å². The first-order chi connectivity index (χ1) is 7.10. The Bertz CT molecular complexity index is 156. The summed E-state index contributed by atoms with van der Waals surface area (Å²) in [5.41, 5.74) is 0. The Kier molecular flexibility index (Phi) is 8.56. The molecule has 0 aromatic rings. The van der Waals surface area contributed by atoms with Crippen LogP contribution in [0.5, 0.6) is 0 Å². The van der Waals surface area contributed by atoms with E-state index >= 15 is 0 Å². The summed E-state index contributed by atoms with van der Waals surface area (Å²) in [6.07, 6.45) is 0.577. The van der Waals surface area contributed by atoms with Crippen LogP contribution in [0.1, 0.15) is 13.3 Å². The number of likely N-dealkylation sites (N-methyl/N-ethyl adjacent to an activating group) is 2. The zero-order valence-corrected chi connectivity index (χ0v) is 10.5. The van der Waals surface area contributed by atoms with E-state index in [0.717, 1.165) is 0 Å². The van der Waals surface area contributed by atoms with Crippen LogP contribution in [0.4, 0.5) is 0 Å². The van der Waals surface area contributed by atoms with Crippen LogP contribution in [-0.2, 0) is 9.53 Å². The number of carbonyl (C=O) groups is 1. The van der Waals surface area contributed by atoms with Gasteiger partial charge in [0.2, 0.25) is 0 Å². The van der Waals surface area contributed by atoms with E-state index in [9.17, 15) is 4.79 Å². The van der Waals surface area contributed by atoms with Gasteiger partial charge in [-0.2, -0.15) is 0 Å². The fourth-order valence-electron chi connectivity index (χ4n) is 1.17. The van der Waals surface area contributed by atoms with Crippen molar-refractivity contribution in [3.05, 3.63) is 0 Å². The highest BCUT2D eigenvalue weighted by atomic mass is 16.5. The van der Waals surface area contributed by atoms with Gasteiger partial charge in [0.05, 0.1) is 0 Å². The molecule has 0 N–H and O–H groups in total. The molecule has 0 bridgehead atoms. The average molecular weight is 216 g/mol. The molecule has 1 rings (SSSR count). The maximum Gasteiger partial charge on any atom is 0.158 e. The van der Waals surface area contributed by atoms with Gasteiger partial charge in [-0.15, -0.1) is 0 Å². The van der Waals surface area contributed by atoms with Crippen molar-refractivity contribution < 1.29 is 9.53 Å². The number of carbonyl (C=O) groups excluding carboxylic acids is 1. The van der Waals surface area contributed by atoms with E-state index in [2.05, 4.69) is 28.6 Å². The summed E-state index contributed by atoms with van der Waals surface area (Å²) in [7, 11) is 5.87. The van der Waals surface area contributed by atoms with Crippen LogP contribution in [0.15, 0.2) is 0 Å². The molecule has 1 saturated heterocycles. The Labute approximate surface area is 93.2 Å². The van der Waals surface area contributed by atoms with Gasteiger partial charge in [0, 0.05) is 39.7 Å². The van der Waals surface area contributed by atoms with Gasteiger partial charge in [-0.1, -0.05) is 6.92 Å². The van der Waals surface area contributed by atoms with Gasteiger partial charge in [-0.05, 0) is 14.1 Å². The first kappa shape index (κ1) is 14.6. The van der Waals surface area contributed by atoms with E-state index < -0.39 is 0 Å². The van der Waals surface area contributed by atoms with Crippen LogP contribution in [-0.4, -0.2) is 69.6 Å². The third kappa shape index (κ3) is 8.54. The Morgan fingerprint density at radius 3 is 1.73 bits per heavy atom. The van der Waals surface area contributed by atoms with Crippen LogP contribution in [0.3, 0.4) is 0 Å². The quantitative estimate of drug-likeness (QED) is 0.687. The second-order valence-corrected chi connectivity index (χ2v) is 3.93. The zero-order valence-electron chi connectivity index (χ0n) is 10.5. The van der Waals surface area contributed by atoms with Gasteiger partial charge in [0.1, 0.15) is 6.61 Å². The molecule has 1 heterocycles. The van der Waals surface area contributed by atoms with Crippen LogP contribution in [0.25, 0.3) is 0 Å². The van der Waals surface area contributed by atoms with Crippen LogP contribution >= 0.6 is 0 Å². The summed E-state index contributed by atoms with van der Waals surface area (Å²) in [5.74, 6) is 0.155. The minimum Gasteiger partial charge on any atom is -0.377 e. The van der Waals surface area contributed by atoms with Gasteiger partial charge >= 0.3 is 0 Å². The number of nitrogens with zero attached hydrogens (tertiary/aromatic N) is 2. The first-order valence-electron chi connectivity index (χ1n) is 5.47. The second kappa shape index (κ2) is 8.83. The maximum atomic E-state index is 10.3. The van der Waals surface area contributed by atoms with Crippen molar-refractivity contribution in [2.45, 2.75) is 13.3 Å². The molecule has 0 aromatic heterocycles. The Hall–Kier alpha value is -0.450. The molecule has 0 aliphatic carbocycles. The van der Waals surface area contributed by atoms with E-state index in [1.165, 1.54) is 33.3 Å². The number of ketones is 1. The Morgan fingerprint density at radius 2 is 1.53 bits per heavy atom. The predicted molar refractivity (Wildman–Crippen MR) is 62.2 cm³/mol. The summed E-state index contributed by atoms with van der Waals surface area (Å²) in [6, 6.07) is 0. The Balaban J connectivity index is 0.000000265. The lowest BCUT2D eigenvalue weighted by atomic mass is 10.3. The summed E-state index contributed by atoms with van der Waals surface area (Å²) < 4.78 is 4.54. The first-order valence-corrected chi connectivity index (χ1v) is 5.47. The molecule has 1 aliphatic rings. The van der Waals surface area contributed by atoms with Crippen LogP contribution in [0.2, 0.25) is 0 Å². The van der Waals surface area contributed by atoms with E-state index in [0.29, 0.717) is 6.42 Å². The summed E-state index contributed by atoms with van der Waals surface area (Å²) in [6.45, 7) is 7.01. The number of Topliss-reactive ketones (excluding diaryl/α,β-unsaturated/α-hetero) is 1. The van der Waals surface area contributed by atoms with Crippen LogP contribution < -0.4 is 0 Å². The number of hydrogen-bond acceptors (Lipinski definition) is 4. The minimum absolute atomic E-state index is 0.155. The number of hydrogen-bond donors (Lipinski definition) is 0. The summed E-state index contributed by atoms with van der Waals surface area (Å²) in [4.78, 5) is 15.0. The van der Waals surface area contributed by atoms with Crippen LogP contribution in [0, 0.1) is 0 Å². The smallest absolute Gasteiger partial charge is 0.158 e. The van der Waals surface area contributed by atoms with E-state index in [1.807, 2.05) is 6.92 Å². The van der Waals surface area contributed by atoms with Gasteiger partial charge < -0.3 is 14.5 Å². The monoisotopic (exact) mass is 216 g/mol. The lowest BCUT2D eigenvalue weighted by molar-refractivity contribution is -0.122. The van der Waals surface area contributed by atoms with Crippen molar-refractivity contribution in [3.63, 3.8) is 0 Å². The van der Waals surface area contributed by atoms with E-state index in [4.69, 9.17) is 0 Å². The standard InChI is InChI=1S/C6H14N2.C5H10O2/c1-7-3-5-8(2)6-4-7;1-3-5(6)4-7-2/h3-6H2,1-2H3;3-4H2,1-2H3. The lowest BCUT2D eigenvalue weighted by Crippen LogP contribution is -2.42. The molecule has 4 nitrogen and oxygen atoms in total. The molecule has 0 radical (unpaired) electrons. The van der Waals surface area contributed by atoms with Crippen molar-refractivity contribution in [2.75, 3.05) is 54.0 Å². The number of methoxy groups -OCH3 is 1. The van der Waals surface area contributed by atoms with Crippen molar-refractivity contribution in [3.8, 4) is 0 Å². The van der Waals surface area contributed by atoms with Crippen molar-refractivity contribution in [1.29, 1.82) is 0 Å². The summed E-state index contributed by atoms with van der Waals surface area (Å²) >= 11 is 0. The molecule has 4 heteroatoms. The molecule has 1 fully saturated rings. The molecule has 0 amide bonds. The zero-order chi connectivity index (χ0) is 11.7. The third-order valence-corrected chi connectivity index (χ3v) is 2.43. The minimum atomic E-state index is 0.155. The summed E-state index contributed by atoms with van der Waals surface area (Å²) in [5, 5.41) is 0. The molecule has 0 spiro atoms. The average Bonchev–Trinajstić information content (AvgIpc) is 2.24. The normalized spacial score (nSPS) is 18.1. The molecule has 90 valence electrons. The number of piperazine rings is 1. The SMILES string of the molecule is CCC(=O)COC.CN1CCN(C)CC1. The molecule has 1 aliphatic heterocycles. The fourth-order valence-corrected chi connectivity index (χ4v) is 1.17. The molecule has 0 aromatic carbocycles. The predicted octanol–water partition coefficient (Wildman–Crippen LogP) is 0.476. The molecule has 15 heavy (non-hydrogen) atoms. The number of rotatable bonds is 3. The van der Waals surface area contributed by atoms with E-state index in [1.54, 1.807) is 0 Å². The highest BCUT2D eigenvalue weighted by molar-refractivity contribution is 5.79. The molecular weight excluding hydrogens is 192 g/mol. The number of ether oxygens (including phenoxy) is 1. The second-order valence-electron chi connectivity index (χ2n) is 3.93. The maximum absolute atomic E-state index is 10.3. The van der Waals surface area contributed by atoms with Crippen molar-refractivity contribution >= 4 is 5.78 Å². The van der Waals surface area contributed by atoms with Gasteiger partial charge in [-0.25, -0.2) is 0 Å². The third-order valence-electron chi connectivity index (χ3n) is 2.43. The molecule has 0 saturated carbocycles. The highest BCUT2D eigenvalue weighted by Gasteiger charge is 2.07.